The fourth-order valence-corrected chi connectivity index (χ4v) is 3.00. The zero-order valence-corrected chi connectivity index (χ0v) is 14.9. The number of quaternary nitrogens is 1. The minimum atomic E-state index is -0.322. The third kappa shape index (κ3) is 4.72. The zero-order chi connectivity index (χ0) is 17.7. The number of rotatable bonds is 5. The molecule has 1 amide bonds. The lowest BCUT2D eigenvalue weighted by molar-refractivity contribution is -0.709. The summed E-state index contributed by atoms with van der Waals surface area (Å²) in [5, 5.41) is 14.8. The van der Waals surface area contributed by atoms with Crippen molar-refractivity contribution in [1.82, 2.24) is 0 Å². The Bertz CT molecular complexity index is 786. The van der Waals surface area contributed by atoms with Crippen molar-refractivity contribution in [2.24, 2.45) is 0 Å². The van der Waals surface area contributed by atoms with Gasteiger partial charge in [0.2, 0.25) is 0 Å². The summed E-state index contributed by atoms with van der Waals surface area (Å²) in [6.45, 7) is 3.80. The number of amides is 1. The van der Waals surface area contributed by atoms with Crippen LogP contribution in [0.1, 0.15) is 31.0 Å². The van der Waals surface area contributed by atoms with E-state index in [1.807, 2.05) is 31.3 Å². The molecule has 0 aliphatic carbocycles. The number of nitriles is 1. The maximum atomic E-state index is 12.3. The smallest absolute Gasteiger partial charge is 0.282 e. The number of benzene rings is 2. The fraction of sp³-hybridized carbons (Fsp3) is 0.222. The zero-order valence-electron chi connectivity index (χ0n) is 13.4. The van der Waals surface area contributed by atoms with Crippen molar-refractivity contribution in [3.05, 3.63) is 63.6 Å². The molecule has 0 bridgehead atoms. The molecule has 2 aromatic carbocycles. The van der Waals surface area contributed by atoms with E-state index < -0.39 is 0 Å². The first-order chi connectivity index (χ1) is 11.4. The van der Waals surface area contributed by atoms with Crippen LogP contribution in [0.2, 0.25) is 10.0 Å². The molecule has 2 aromatic rings. The maximum absolute atomic E-state index is 12.3. The summed E-state index contributed by atoms with van der Waals surface area (Å²) >= 11 is 12.1. The van der Waals surface area contributed by atoms with Gasteiger partial charge in [0.25, 0.3) is 5.91 Å². The van der Waals surface area contributed by atoms with Crippen molar-refractivity contribution >= 4 is 34.8 Å². The van der Waals surface area contributed by atoms with Crippen LogP contribution in [0, 0.1) is 11.3 Å². The van der Waals surface area contributed by atoms with Crippen LogP contribution in [0.4, 0.5) is 5.69 Å². The number of nitrogens with two attached hydrogens (primary N) is 1. The second-order valence-corrected chi connectivity index (χ2v) is 6.46. The molecule has 0 radical (unpaired) electrons. The molecule has 2 rings (SSSR count). The molecule has 0 aromatic heterocycles. The average Bonchev–Trinajstić information content (AvgIpc) is 2.54. The first-order valence-electron chi connectivity index (χ1n) is 7.51. The molecule has 2 atom stereocenters. The van der Waals surface area contributed by atoms with E-state index in [1.54, 1.807) is 36.4 Å². The number of carbonyl (C=O) groups is 1. The monoisotopic (exact) mass is 362 g/mol. The standard InChI is InChI=1S/C18H17Cl2N3O/c1-11(16-7-6-14(19)9-17(16)20)22-12(2)18(24)23-15-5-3-4-13(8-15)10-21/h3-9,11-12,22H,1-2H3,(H,23,24)/p+1/t11-,12-/m1/s1. The van der Waals surface area contributed by atoms with Crippen molar-refractivity contribution in [3.8, 4) is 6.07 Å². The SMILES string of the molecule is C[C@@H]([NH2+][C@H](C)c1ccc(Cl)cc1Cl)C(=O)Nc1cccc(C#N)c1. The van der Waals surface area contributed by atoms with Crippen LogP contribution in [-0.4, -0.2) is 11.9 Å². The number of halogens is 2. The Kier molecular flexibility index (Phi) is 6.22. The number of anilines is 1. The predicted octanol–water partition coefficient (Wildman–Crippen LogP) is 3.52. The summed E-state index contributed by atoms with van der Waals surface area (Å²) in [5.41, 5.74) is 2.04. The largest absolute Gasteiger partial charge is 0.330 e. The van der Waals surface area contributed by atoms with E-state index in [9.17, 15) is 4.79 Å². The lowest BCUT2D eigenvalue weighted by Crippen LogP contribution is -2.91. The summed E-state index contributed by atoms with van der Waals surface area (Å²) in [7, 11) is 0. The minimum absolute atomic E-state index is 0.000888. The van der Waals surface area contributed by atoms with Crippen molar-refractivity contribution in [3.63, 3.8) is 0 Å². The Hall–Kier alpha value is -2.06. The fourth-order valence-electron chi connectivity index (χ4n) is 2.42. The van der Waals surface area contributed by atoms with Gasteiger partial charge in [-0.3, -0.25) is 4.79 Å². The van der Waals surface area contributed by atoms with Gasteiger partial charge in [-0.15, -0.1) is 0 Å². The second kappa shape index (κ2) is 8.16. The Morgan fingerprint density at radius 3 is 2.62 bits per heavy atom. The van der Waals surface area contributed by atoms with E-state index in [1.165, 1.54) is 0 Å². The van der Waals surface area contributed by atoms with E-state index in [0.29, 0.717) is 21.3 Å². The Balaban J connectivity index is 2.01. The summed E-state index contributed by atoms with van der Waals surface area (Å²) in [6, 6.07) is 13.9. The number of hydrogen-bond donors (Lipinski definition) is 2. The van der Waals surface area contributed by atoms with Gasteiger partial charge in [0.1, 0.15) is 6.04 Å². The van der Waals surface area contributed by atoms with Crippen LogP contribution >= 0.6 is 23.2 Å². The third-order valence-corrected chi connectivity index (χ3v) is 4.27. The minimum Gasteiger partial charge on any atom is -0.330 e. The van der Waals surface area contributed by atoms with Crippen LogP contribution in [0.5, 0.6) is 0 Å². The molecule has 124 valence electrons. The van der Waals surface area contributed by atoms with Gasteiger partial charge in [0.15, 0.2) is 6.04 Å². The van der Waals surface area contributed by atoms with E-state index in [-0.39, 0.29) is 18.0 Å². The molecule has 0 saturated carbocycles. The van der Waals surface area contributed by atoms with Crippen LogP contribution in [0.25, 0.3) is 0 Å². The molecule has 0 saturated heterocycles. The Labute approximate surface area is 151 Å². The predicted molar refractivity (Wildman–Crippen MR) is 96.1 cm³/mol. The van der Waals surface area contributed by atoms with E-state index >= 15 is 0 Å². The molecular formula is C18H18Cl2N3O+. The number of nitrogens with one attached hydrogen (secondary N) is 1. The second-order valence-electron chi connectivity index (χ2n) is 5.62. The highest BCUT2D eigenvalue weighted by molar-refractivity contribution is 6.35. The molecule has 0 unspecified atom stereocenters. The lowest BCUT2D eigenvalue weighted by atomic mass is 10.1. The van der Waals surface area contributed by atoms with E-state index in [0.717, 1.165) is 5.56 Å². The summed E-state index contributed by atoms with van der Waals surface area (Å²) in [6.07, 6.45) is 0. The molecule has 0 heterocycles. The third-order valence-electron chi connectivity index (χ3n) is 3.70. The summed E-state index contributed by atoms with van der Waals surface area (Å²) in [4.78, 5) is 12.3. The van der Waals surface area contributed by atoms with Gasteiger partial charge in [-0.2, -0.15) is 5.26 Å². The van der Waals surface area contributed by atoms with Gasteiger partial charge in [-0.1, -0.05) is 35.3 Å². The Morgan fingerprint density at radius 1 is 1.21 bits per heavy atom. The molecule has 0 spiro atoms. The maximum Gasteiger partial charge on any atom is 0.282 e. The van der Waals surface area contributed by atoms with Crippen molar-refractivity contribution in [2.75, 3.05) is 5.32 Å². The van der Waals surface area contributed by atoms with Crippen LogP contribution in [0.15, 0.2) is 42.5 Å². The summed E-state index contributed by atoms with van der Waals surface area (Å²) in [5.74, 6) is -0.137. The molecule has 3 N–H and O–H groups in total. The molecular weight excluding hydrogens is 345 g/mol. The molecule has 6 heteroatoms. The lowest BCUT2D eigenvalue weighted by Gasteiger charge is -2.18. The molecule has 4 nitrogen and oxygen atoms in total. The Morgan fingerprint density at radius 2 is 1.96 bits per heavy atom. The van der Waals surface area contributed by atoms with Gasteiger partial charge in [0.05, 0.1) is 16.7 Å². The first-order valence-corrected chi connectivity index (χ1v) is 8.27. The van der Waals surface area contributed by atoms with Gasteiger partial charge >= 0.3 is 0 Å². The highest BCUT2D eigenvalue weighted by Gasteiger charge is 2.22. The van der Waals surface area contributed by atoms with Crippen molar-refractivity contribution < 1.29 is 10.1 Å². The highest BCUT2D eigenvalue weighted by atomic mass is 35.5. The normalized spacial score (nSPS) is 13.0. The molecule has 0 aliphatic rings. The van der Waals surface area contributed by atoms with Crippen LogP contribution in [0.3, 0.4) is 0 Å². The topological polar surface area (TPSA) is 69.5 Å². The number of nitrogens with zero attached hydrogens (tertiary/aromatic N) is 1. The average molecular weight is 363 g/mol. The van der Waals surface area contributed by atoms with Crippen molar-refractivity contribution in [1.29, 1.82) is 5.26 Å². The van der Waals surface area contributed by atoms with Gasteiger partial charge in [-0.05, 0) is 44.2 Å². The van der Waals surface area contributed by atoms with Gasteiger partial charge < -0.3 is 10.6 Å². The van der Waals surface area contributed by atoms with E-state index in [4.69, 9.17) is 28.5 Å². The van der Waals surface area contributed by atoms with Gasteiger partial charge in [0, 0.05) is 16.3 Å². The molecule has 24 heavy (non-hydrogen) atoms. The first kappa shape index (κ1) is 18.3. The van der Waals surface area contributed by atoms with Crippen LogP contribution < -0.4 is 10.6 Å². The number of hydrogen-bond acceptors (Lipinski definition) is 2. The molecule has 0 aliphatic heterocycles. The highest BCUT2D eigenvalue weighted by Crippen LogP contribution is 2.24. The molecule has 0 fully saturated rings. The van der Waals surface area contributed by atoms with Crippen molar-refractivity contribution in [2.45, 2.75) is 25.9 Å². The van der Waals surface area contributed by atoms with Gasteiger partial charge in [-0.25, -0.2) is 0 Å². The quantitative estimate of drug-likeness (QED) is 0.854. The summed E-state index contributed by atoms with van der Waals surface area (Å²) < 4.78 is 0. The van der Waals surface area contributed by atoms with E-state index in [2.05, 4.69) is 5.32 Å². The van der Waals surface area contributed by atoms with Crippen LogP contribution in [-0.2, 0) is 4.79 Å². The number of carbonyl (C=O) groups excluding carboxylic acids is 1.